The maximum atomic E-state index is 13.5. The number of anilines is 2. The molecule has 0 spiro atoms. The highest BCUT2D eigenvalue weighted by molar-refractivity contribution is 6.07. The van der Waals surface area contributed by atoms with Crippen molar-refractivity contribution in [1.29, 1.82) is 0 Å². The molecule has 33 heavy (non-hydrogen) atoms. The van der Waals surface area contributed by atoms with E-state index in [-0.39, 0.29) is 17.9 Å². The van der Waals surface area contributed by atoms with Crippen LogP contribution in [0.15, 0.2) is 41.0 Å². The van der Waals surface area contributed by atoms with E-state index in [1.54, 1.807) is 6.92 Å². The fraction of sp³-hybridized carbons (Fsp3) is 0.300. The summed E-state index contributed by atoms with van der Waals surface area (Å²) in [5.74, 6) is -2.42. The van der Waals surface area contributed by atoms with Crippen LogP contribution in [0.4, 0.5) is 29.3 Å². The lowest BCUT2D eigenvalue weighted by Crippen LogP contribution is -2.50. The van der Waals surface area contributed by atoms with Gasteiger partial charge < -0.3 is 20.4 Å². The molecule has 176 valence electrons. The predicted octanol–water partition coefficient (Wildman–Crippen LogP) is 2.71. The van der Waals surface area contributed by atoms with Gasteiger partial charge in [0.05, 0.1) is 18.4 Å². The minimum Gasteiger partial charge on any atom is -0.459 e. The first-order chi connectivity index (χ1) is 15.4. The Kier molecular flexibility index (Phi) is 6.33. The van der Waals surface area contributed by atoms with Crippen molar-refractivity contribution in [2.75, 3.05) is 17.2 Å². The Bertz CT molecular complexity index is 1090. The predicted molar refractivity (Wildman–Crippen MR) is 109 cm³/mol. The summed E-state index contributed by atoms with van der Waals surface area (Å²) in [6.45, 7) is 2.49. The molecule has 0 saturated carbocycles. The van der Waals surface area contributed by atoms with Gasteiger partial charge in [0.2, 0.25) is 0 Å². The normalized spacial score (nSPS) is 18.2. The van der Waals surface area contributed by atoms with Crippen LogP contribution < -0.4 is 21.4 Å². The summed E-state index contributed by atoms with van der Waals surface area (Å²) in [6.07, 6.45) is -3.28. The van der Waals surface area contributed by atoms with E-state index in [2.05, 4.69) is 21.4 Å². The van der Waals surface area contributed by atoms with Crippen molar-refractivity contribution in [3.63, 3.8) is 0 Å². The smallest absolute Gasteiger partial charge is 0.418 e. The maximum absolute atomic E-state index is 13.5. The van der Waals surface area contributed by atoms with Crippen LogP contribution >= 0.6 is 0 Å². The molecular weight excluding hydrogens is 447 g/mol. The van der Waals surface area contributed by atoms with Crippen molar-refractivity contribution < 1.29 is 36.8 Å². The van der Waals surface area contributed by atoms with E-state index in [1.807, 2.05) is 0 Å². The fourth-order valence-electron chi connectivity index (χ4n) is 2.98. The van der Waals surface area contributed by atoms with Crippen LogP contribution in [0.1, 0.15) is 36.4 Å². The number of rotatable bonds is 7. The Morgan fingerprint density at radius 2 is 1.94 bits per heavy atom. The molecule has 1 unspecified atom stereocenters. The van der Waals surface area contributed by atoms with Gasteiger partial charge in [0.25, 0.3) is 17.7 Å². The summed E-state index contributed by atoms with van der Waals surface area (Å²) in [7, 11) is 0. The Hall–Kier alpha value is -4.03. The lowest BCUT2D eigenvalue weighted by Gasteiger charge is -2.20. The van der Waals surface area contributed by atoms with E-state index in [0.717, 1.165) is 6.07 Å². The molecule has 1 fully saturated rings. The van der Waals surface area contributed by atoms with Crippen molar-refractivity contribution in [2.24, 2.45) is 0 Å². The van der Waals surface area contributed by atoms with Gasteiger partial charge in [-0.05, 0) is 43.7 Å². The summed E-state index contributed by atoms with van der Waals surface area (Å²) < 4.78 is 45.5. The molecule has 0 aliphatic carbocycles. The van der Waals surface area contributed by atoms with Crippen molar-refractivity contribution in [3.05, 3.63) is 47.9 Å². The number of alkyl halides is 3. The Morgan fingerprint density at radius 1 is 1.21 bits per heavy atom. The summed E-state index contributed by atoms with van der Waals surface area (Å²) in [5, 5.41) is 7.55. The SMILES string of the molecule is CCC1(C)NC(=O)N(NC(=O)CNc2ccc(NC(=O)c3ccco3)cc2C(F)(F)F)C1=O. The summed E-state index contributed by atoms with van der Waals surface area (Å²) in [6, 6.07) is 4.91. The second-order valence-electron chi connectivity index (χ2n) is 7.33. The average Bonchev–Trinajstić information content (AvgIpc) is 3.36. The van der Waals surface area contributed by atoms with Gasteiger partial charge in [-0.25, -0.2) is 4.79 Å². The van der Waals surface area contributed by atoms with Crippen LogP contribution in [-0.4, -0.2) is 40.8 Å². The first kappa shape index (κ1) is 23.6. The van der Waals surface area contributed by atoms with Crippen LogP contribution in [0.25, 0.3) is 0 Å². The molecule has 2 heterocycles. The number of hydrazine groups is 1. The molecule has 1 aliphatic rings. The van der Waals surface area contributed by atoms with Gasteiger partial charge in [-0.2, -0.15) is 18.2 Å². The molecule has 0 bridgehead atoms. The number of imide groups is 1. The summed E-state index contributed by atoms with van der Waals surface area (Å²) in [5.41, 5.74) is -0.832. The molecule has 3 rings (SSSR count). The number of halogens is 3. The Labute approximate surface area is 185 Å². The maximum Gasteiger partial charge on any atom is 0.418 e. The van der Waals surface area contributed by atoms with E-state index in [4.69, 9.17) is 4.42 Å². The van der Waals surface area contributed by atoms with Gasteiger partial charge in [-0.1, -0.05) is 6.92 Å². The molecule has 1 aromatic heterocycles. The largest absolute Gasteiger partial charge is 0.459 e. The Morgan fingerprint density at radius 3 is 2.52 bits per heavy atom. The molecule has 1 aromatic carbocycles. The number of carbonyl (C=O) groups is 4. The highest BCUT2D eigenvalue weighted by Gasteiger charge is 2.47. The van der Waals surface area contributed by atoms with Crippen LogP contribution in [-0.2, 0) is 15.8 Å². The molecule has 2 aromatic rings. The quantitative estimate of drug-likeness (QED) is 0.463. The average molecular weight is 467 g/mol. The molecule has 0 radical (unpaired) electrons. The molecule has 1 saturated heterocycles. The van der Waals surface area contributed by atoms with Gasteiger partial charge in [0.1, 0.15) is 5.54 Å². The highest BCUT2D eigenvalue weighted by Crippen LogP contribution is 2.36. The lowest BCUT2D eigenvalue weighted by atomic mass is 10.00. The third-order valence-corrected chi connectivity index (χ3v) is 4.97. The van der Waals surface area contributed by atoms with Crippen LogP contribution in [0.3, 0.4) is 0 Å². The highest BCUT2D eigenvalue weighted by atomic mass is 19.4. The van der Waals surface area contributed by atoms with Gasteiger partial charge in [0, 0.05) is 11.4 Å². The number of hydrogen-bond donors (Lipinski definition) is 4. The van der Waals surface area contributed by atoms with Crippen LogP contribution in [0.2, 0.25) is 0 Å². The van der Waals surface area contributed by atoms with Gasteiger partial charge in [0.15, 0.2) is 5.76 Å². The van der Waals surface area contributed by atoms with Gasteiger partial charge in [-0.15, -0.1) is 0 Å². The second kappa shape index (κ2) is 8.84. The minimum absolute atomic E-state index is 0.0814. The number of nitrogens with zero attached hydrogens (tertiary/aromatic N) is 1. The first-order valence-electron chi connectivity index (χ1n) is 9.71. The number of hydrogen-bond acceptors (Lipinski definition) is 6. The van der Waals surface area contributed by atoms with E-state index in [9.17, 15) is 32.3 Å². The fourth-order valence-corrected chi connectivity index (χ4v) is 2.98. The van der Waals surface area contributed by atoms with Crippen LogP contribution in [0.5, 0.6) is 0 Å². The monoisotopic (exact) mass is 467 g/mol. The van der Waals surface area contributed by atoms with Crippen molar-refractivity contribution in [3.8, 4) is 0 Å². The lowest BCUT2D eigenvalue weighted by molar-refractivity contribution is -0.138. The second-order valence-corrected chi connectivity index (χ2v) is 7.33. The van der Waals surface area contributed by atoms with Gasteiger partial charge in [-0.3, -0.25) is 19.8 Å². The molecule has 5 amide bonds. The van der Waals surface area contributed by atoms with Crippen LogP contribution in [0, 0.1) is 0 Å². The zero-order valence-electron chi connectivity index (χ0n) is 17.5. The number of carbonyl (C=O) groups excluding carboxylic acids is 4. The number of amides is 5. The molecule has 4 N–H and O–H groups in total. The van der Waals surface area contributed by atoms with Gasteiger partial charge >= 0.3 is 12.2 Å². The third kappa shape index (κ3) is 5.07. The summed E-state index contributed by atoms with van der Waals surface area (Å²) in [4.78, 5) is 48.4. The van der Waals surface area contributed by atoms with Crippen molar-refractivity contribution >= 4 is 35.1 Å². The number of furan rings is 1. The Balaban J connectivity index is 1.69. The van der Waals surface area contributed by atoms with Crippen molar-refractivity contribution in [2.45, 2.75) is 32.0 Å². The van der Waals surface area contributed by atoms with Crippen molar-refractivity contribution in [1.82, 2.24) is 15.8 Å². The molecule has 1 atom stereocenters. The molecular formula is C20H20F3N5O5. The van der Waals surface area contributed by atoms with E-state index >= 15 is 0 Å². The topological polar surface area (TPSA) is 133 Å². The molecule has 13 heteroatoms. The van der Waals surface area contributed by atoms with E-state index in [0.29, 0.717) is 11.1 Å². The number of nitrogens with one attached hydrogen (secondary N) is 4. The van der Waals surface area contributed by atoms with E-state index in [1.165, 1.54) is 31.4 Å². The molecule has 1 aliphatic heterocycles. The number of benzene rings is 1. The zero-order chi connectivity index (χ0) is 24.4. The third-order valence-electron chi connectivity index (χ3n) is 4.97. The summed E-state index contributed by atoms with van der Waals surface area (Å²) >= 11 is 0. The van der Waals surface area contributed by atoms with E-state index < -0.39 is 53.3 Å². The minimum atomic E-state index is -4.81. The molecule has 10 nitrogen and oxygen atoms in total. The standard InChI is InChI=1S/C20H20F3N5O5/c1-3-19(2)17(31)28(18(32)26-19)27-15(29)10-24-13-7-6-11(9-12(13)20(21,22)23)25-16(30)14-5-4-8-33-14/h4-9,24H,3,10H2,1-2H3,(H,25,30)(H,26,32)(H,27,29). The number of urea groups is 1. The zero-order valence-corrected chi connectivity index (χ0v) is 17.5. The first-order valence-corrected chi connectivity index (χ1v) is 9.71.